The Balaban J connectivity index is 1.51. The number of aromatic nitrogens is 1. The van der Waals surface area contributed by atoms with E-state index in [-0.39, 0.29) is 42.4 Å². The first-order valence-electron chi connectivity index (χ1n) is 10.6. The second-order valence-electron chi connectivity index (χ2n) is 8.21. The second kappa shape index (κ2) is 9.84. The van der Waals surface area contributed by atoms with E-state index >= 15 is 0 Å². The van der Waals surface area contributed by atoms with Crippen molar-refractivity contribution in [3.8, 4) is 0 Å². The number of ketones is 1. The van der Waals surface area contributed by atoms with Crippen molar-refractivity contribution in [2.24, 2.45) is 0 Å². The molecule has 2 aromatic carbocycles. The topological polar surface area (TPSA) is 71.4 Å². The monoisotopic (exact) mass is 551 g/mol. The minimum atomic E-state index is -1.35. The highest BCUT2D eigenvalue weighted by atomic mass is 79.9. The molecule has 4 rings (SSSR count). The van der Waals surface area contributed by atoms with Crippen molar-refractivity contribution in [3.05, 3.63) is 69.0 Å². The van der Waals surface area contributed by atoms with E-state index in [0.29, 0.717) is 16.5 Å². The Labute approximate surface area is 208 Å². The molecule has 178 valence electrons. The van der Waals surface area contributed by atoms with E-state index in [4.69, 9.17) is 11.6 Å². The molecule has 0 spiro atoms. The van der Waals surface area contributed by atoms with E-state index in [1.54, 1.807) is 35.0 Å². The fraction of sp³-hybridized carbons (Fsp3) is 0.292. The Kier molecular flexibility index (Phi) is 7.04. The van der Waals surface area contributed by atoms with Crippen LogP contribution in [-0.4, -0.2) is 45.8 Å². The first kappa shape index (κ1) is 24.3. The van der Waals surface area contributed by atoms with E-state index < -0.39 is 29.8 Å². The third-order valence-electron chi connectivity index (χ3n) is 5.89. The van der Waals surface area contributed by atoms with Gasteiger partial charge in [0.1, 0.15) is 24.6 Å². The third-order valence-corrected chi connectivity index (χ3v) is 6.67. The van der Waals surface area contributed by atoms with Crippen molar-refractivity contribution in [1.82, 2.24) is 14.8 Å². The summed E-state index contributed by atoms with van der Waals surface area (Å²) in [5.41, 5.74) is 1.33. The molecular weight excluding hydrogens is 532 g/mol. The van der Waals surface area contributed by atoms with Crippen LogP contribution < -0.4 is 5.32 Å². The van der Waals surface area contributed by atoms with Gasteiger partial charge in [-0.3, -0.25) is 14.4 Å². The number of Topliss-reactive ketones (excluding diaryl/α,β-unsaturated/α-hetero) is 1. The van der Waals surface area contributed by atoms with Crippen molar-refractivity contribution >= 4 is 56.0 Å². The van der Waals surface area contributed by atoms with Gasteiger partial charge < -0.3 is 14.8 Å². The van der Waals surface area contributed by atoms with Crippen LogP contribution in [0.4, 0.5) is 8.78 Å². The van der Waals surface area contributed by atoms with Gasteiger partial charge in [-0.1, -0.05) is 39.7 Å². The van der Waals surface area contributed by atoms with Crippen LogP contribution in [0.3, 0.4) is 0 Å². The standard InChI is InChI=1S/C24H21BrClF2N3O3/c1-13(32)18-11-30(20-6-5-15(25)7-17(18)20)12-22(33)31-10-16(27)8-21(31)24(34)29-9-14-3-2-4-19(26)23(14)28/h2-7,11,16,21H,8-10,12H2,1H3,(H,29,34)/t16-,21+/m1/s1. The summed E-state index contributed by atoms with van der Waals surface area (Å²) in [6, 6.07) is 8.80. The normalized spacial score (nSPS) is 17.9. The maximum absolute atomic E-state index is 14.3. The smallest absolute Gasteiger partial charge is 0.243 e. The Morgan fingerprint density at radius 3 is 2.74 bits per heavy atom. The van der Waals surface area contributed by atoms with Gasteiger partial charge in [-0.05, 0) is 31.2 Å². The number of amides is 2. The molecule has 1 aliphatic rings. The zero-order valence-corrected chi connectivity index (χ0v) is 20.5. The summed E-state index contributed by atoms with van der Waals surface area (Å²) in [6.45, 7) is 0.927. The summed E-state index contributed by atoms with van der Waals surface area (Å²) in [5.74, 6) is -1.81. The molecule has 1 aliphatic heterocycles. The molecule has 34 heavy (non-hydrogen) atoms. The number of fused-ring (bicyclic) bond motifs is 1. The van der Waals surface area contributed by atoms with Crippen LogP contribution in [0.1, 0.15) is 29.3 Å². The molecule has 1 fully saturated rings. The zero-order valence-electron chi connectivity index (χ0n) is 18.2. The Hall–Kier alpha value is -2.78. The number of rotatable bonds is 6. The molecule has 0 radical (unpaired) electrons. The lowest BCUT2D eigenvalue weighted by atomic mass is 10.1. The van der Waals surface area contributed by atoms with Gasteiger partial charge in [0.05, 0.1) is 11.6 Å². The lowest BCUT2D eigenvalue weighted by Gasteiger charge is -2.24. The van der Waals surface area contributed by atoms with Crippen LogP contribution in [-0.2, 0) is 22.7 Å². The lowest BCUT2D eigenvalue weighted by Crippen LogP contribution is -2.46. The van der Waals surface area contributed by atoms with Gasteiger partial charge in [-0.15, -0.1) is 0 Å². The quantitative estimate of drug-likeness (QED) is 0.453. The van der Waals surface area contributed by atoms with E-state index in [0.717, 1.165) is 4.47 Å². The van der Waals surface area contributed by atoms with Crippen LogP contribution in [0.25, 0.3) is 10.9 Å². The number of hydrogen-bond acceptors (Lipinski definition) is 3. The summed E-state index contributed by atoms with van der Waals surface area (Å²) < 4.78 is 30.8. The maximum atomic E-state index is 14.3. The third kappa shape index (κ3) is 4.86. The molecule has 0 aliphatic carbocycles. The van der Waals surface area contributed by atoms with Gasteiger partial charge >= 0.3 is 0 Å². The van der Waals surface area contributed by atoms with E-state index in [1.807, 2.05) is 0 Å². The lowest BCUT2D eigenvalue weighted by molar-refractivity contribution is -0.139. The predicted octanol–water partition coefficient (Wildman–Crippen LogP) is 4.65. The van der Waals surface area contributed by atoms with Crippen molar-refractivity contribution in [3.63, 3.8) is 0 Å². The van der Waals surface area contributed by atoms with Crippen molar-refractivity contribution < 1.29 is 23.2 Å². The number of likely N-dealkylation sites (tertiary alicyclic amines) is 1. The van der Waals surface area contributed by atoms with Crippen LogP contribution in [0, 0.1) is 5.82 Å². The molecular formula is C24H21BrClF2N3O3. The van der Waals surface area contributed by atoms with Gasteiger partial charge in [0, 0.05) is 45.7 Å². The molecule has 2 atom stereocenters. The highest BCUT2D eigenvalue weighted by molar-refractivity contribution is 9.10. The maximum Gasteiger partial charge on any atom is 0.243 e. The Morgan fingerprint density at radius 2 is 2.00 bits per heavy atom. The summed E-state index contributed by atoms with van der Waals surface area (Å²) >= 11 is 9.16. The molecule has 0 saturated carbocycles. The fourth-order valence-electron chi connectivity index (χ4n) is 4.21. The average molecular weight is 553 g/mol. The number of carbonyl (C=O) groups is 3. The van der Waals surface area contributed by atoms with Crippen LogP contribution in [0.2, 0.25) is 5.02 Å². The molecule has 1 aromatic heterocycles. The van der Waals surface area contributed by atoms with E-state index in [2.05, 4.69) is 21.2 Å². The van der Waals surface area contributed by atoms with Gasteiger partial charge in [0.15, 0.2) is 5.78 Å². The molecule has 0 bridgehead atoms. The molecule has 1 saturated heterocycles. The van der Waals surface area contributed by atoms with E-state index in [1.165, 1.54) is 24.0 Å². The first-order chi connectivity index (χ1) is 16.2. The zero-order chi connectivity index (χ0) is 24.6. The Bertz CT molecular complexity index is 1300. The largest absolute Gasteiger partial charge is 0.350 e. The minimum Gasteiger partial charge on any atom is -0.350 e. The van der Waals surface area contributed by atoms with Crippen LogP contribution in [0.5, 0.6) is 0 Å². The van der Waals surface area contributed by atoms with E-state index in [9.17, 15) is 23.2 Å². The predicted molar refractivity (Wildman–Crippen MR) is 128 cm³/mol. The highest BCUT2D eigenvalue weighted by Gasteiger charge is 2.39. The SMILES string of the molecule is CC(=O)c1cn(CC(=O)N2C[C@H](F)C[C@H]2C(=O)NCc2cccc(Cl)c2F)c2ccc(Br)cc12. The number of halogens is 4. The van der Waals surface area contributed by atoms with Crippen molar-refractivity contribution in [2.45, 2.75) is 38.6 Å². The molecule has 2 heterocycles. The van der Waals surface area contributed by atoms with Crippen LogP contribution >= 0.6 is 27.5 Å². The number of hydrogen-bond donors (Lipinski definition) is 1. The molecule has 0 unspecified atom stereocenters. The summed E-state index contributed by atoms with van der Waals surface area (Å²) in [7, 11) is 0. The summed E-state index contributed by atoms with van der Waals surface area (Å²) in [5, 5.41) is 3.20. The second-order valence-corrected chi connectivity index (χ2v) is 9.54. The van der Waals surface area contributed by atoms with Crippen molar-refractivity contribution in [2.75, 3.05) is 6.54 Å². The number of nitrogens with one attached hydrogen (secondary N) is 1. The van der Waals surface area contributed by atoms with Gasteiger partial charge in [-0.2, -0.15) is 0 Å². The average Bonchev–Trinajstić information content (AvgIpc) is 3.35. The number of nitrogens with zero attached hydrogens (tertiary/aromatic N) is 2. The minimum absolute atomic E-state index is 0.0656. The summed E-state index contributed by atoms with van der Waals surface area (Å²) in [4.78, 5) is 39.2. The summed E-state index contributed by atoms with van der Waals surface area (Å²) in [6.07, 6.45) is 0.0955. The number of benzene rings is 2. The van der Waals surface area contributed by atoms with Crippen LogP contribution in [0.15, 0.2) is 47.1 Å². The molecule has 1 N–H and O–H groups in total. The number of alkyl halides is 1. The van der Waals surface area contributed by atoms with Gasteiger partial charge in [-0.25, -0.2) is 8.78 Å². The van der Waals surface area contributed by atoms with Gasteiger partial charge in [0.25, 0.3) is 0 Å². The highest BCUT2D eigenvalue weighted by Crippen LogP contribution is 2.27. The molecule has 6 nitrogen and oxygen atoms in total. The molecule has 2 amide bonds. The molecule has 10 heteroatoms. The first-order valence-corrected chi connectivity index (χ1v) is 11.8. The number of carbonyl (C=O) groups excluding carboxylic acids is 3. The fourth-order valence-corrected chi connectivity index (χ4v) is 4.77. The van der Waals surface area contributed by atoms with Gasteiger partial charge in [0.2, 0.25) is 11.8 Å². The molecule has 3 aromatic rings. The Morgan fingerprint density at radius 1 is 1.24 bits per heavy atom. The van der Waals surface area contributed by atoms with Crippen molar-refractivity contribution in [1.29, 1.82) is 0 Å².